The molecule has 0 radical (unpaired) electrons. The van der Waals surface area contributed by atoms with Crippen molar-refractivity contribution in [2.24, 2.45) is 0 Å². The molecule has 1 aromatic carbocycles. The minimum absolute atomic E-state index is 0.0897. The Morgan fingerprint density at radius 2 is 2.22 bits per heavy atom. The molecule has 0 atom stereocenters. The Balaban J connectivity index is 2.09. The molecule has 1 aromatic heterocycles. The number of hydrogen-bond donors (Lipinski definition) is 2. The Hall–Kier alpha value is -2.10. The first-order valence-electron chi connectivity index (χ1n) is 6.42. The minimum atomic E-state index is -3.81. The fourth-order valence-corrected chi connectivity index (χ4v) is 3.00. The molecule has 0 saturated heterocycles. The average molecular weight is 359 g/mol. The van der Waals surface area contributed by atoms with Crippen molar-refractivity contribution in [2.45, 2.75) is 5.03 Å². The van der Waals surface area contributed by atoms with Gasteiger partial charge in [0, 0.05) is 12.1 Å². The Kier molecular flexibility index (Phi) is 5.24. The lowest BCUT2D eigenvalue weighted by Gasteiger charge is -2.16. The van der Waals surface area contributed by atoms with Crippen molar-refractivity contribution in [2.75, 3.05) is 26.0 Å². The number of rotatable bonds is 6. The highest BCUT2D eigenvalue weighted by atomic mass is 35.5. The number of ether oxygens (including phenoxy) is 1. The number of nitrogens with one attached hydrogen (secondary N) is 2. The summed E-state index contributed by atoms with van der Waals surface area (Å²) in [6, 6.07) is 4.73. The van der Waals surface area contributed by atoms with Crippen molar-refractivity contribution >= 4 is 33.2 Å². The summed E-state index contributed by atoms with van der Waals surface area (Å²) in [6.45, 7) is -0.378. The first-order chi connectivity index (χ1) is 10.8. The molecule has 2 rings (SSSR count). The fourth-order valence-electron chi connectivity index (χ4n) is 1.81. The summed E-state index contributed by atoms with van der Waals surface area (Å²) in [6.07, 6.45) is 2.42. The molecule has 0 aliphatic rings. The molecule has 2 aromatic rings. The van der Waals surface area contributed by atoms with Crippen LogP contribution in [0.3, 0.4) is 0 Å². The lowest BCUT2D eigenvalue weighted by Crippen LogP contribution is -2.35. The van der Waals surface area contributed by atoms with Crippen LogP contribution in [0.1, 0.15) is 0 Å². The van der Waals surface area contributed by atoms with Gasteiger partial charge >= 0.3 is 0 Å². The zero-order chi connectivity index (χ0) is 17.0. The quantitative estimate of drug-likeness (QED) is 0.810. The summed E-state index contributed by atoms with van der Waals surface area (Å²) in [5, 5.41) is 2.90. The zero-order valence-corrected chi connectivity index (χ0v) is 14.0. The van der Waals surface area contributed by atoms with Gasteiger partial charge in [0.05, 0.1) is 31.9 Å². The van der Waals surface area contributed by atoms with Crippen LogP contribution in [0, 0.1) is 0 Å². The van der Waals surface area contributed by atoms with Crippen LogP contribution in [-0.4, -0.2) is 49.3 Å². The highest BCUT2D eigenvalue weighted by Gasteiger charge is 2.24. The van der Waals surface area contributed by atoms with Crippen molar-refractivity contribution < 1.29 is 17.9 Å². The Morgan fingerprint density at radius 3 is 2.83 bits per heavy atom. The normalized spacial score (nSPS) is 11.5. The van der Waals surface area contributed by atoms with Crippen LogP contribution in [0.4, 0.5) is 5.69 Å². The number of methoxy groups -OCH3 is 1. The molecule has 10 heteroatoms. The maximum Gasteiger partial charge on any atom is 0.260 e. The molecule has 0 bridgehead atoms. The van der Waals surface area contributed by atoms with E-state index in [1.165, 1.54) is 32.7 Å². The number of likely N-dealkylation sites (N-methyl/N-ethyl adjacent to an activating group) is 1. The molecule has 0 aliphatic heterocycles. The second-order valence-corrected chi connectivity index (χ2v) is 7.02. The first-order valence-corrected chi connectivity index (χ1v) is 8.24. The molecular weight excluding hydrogens is 344 g/mol. The number of aromatic nitrogens is 2. The number of nitrogens with zero attached hydrogens (tertiary/aromatic N) is 2. The number of aromatic amines is 1. The number of carbonyl (C=O) groups is 1. The summed E-state index contributed by atoms with van der Waals surface area (Å²) in [4.78, 5) is 18.2. The summed E-state index contributed by atoms with van der Waals surface area (Å²) < 4.78 is 30.4. The third-order valence-electron chi connectivity index (χ3n) is 2.96. The van der Waals surface area contributed by atoms with Crippen LogP contribution >= 0.6 is 11.6 Å². The third kappa shape index (κ3) is 4.01. The lowest BCUT2D eigenvalue weighted by atomic mass is 10.3. The Morgan fingerprint density at radius 1 is 1.48 bits per heavy atom. The molecule has 124 valence electrons. The number of H-pyrrole nitrogens is 1. The smallest absolute Gasteiger partial charge is 0.260 e. The van der Waals surface area contributed by atoms with Gasteiger partial charge in [-0.1, -0.05) is 11.6 Å². The van der Waals surface area contributed by atoms with E-state index in [1.54, 1.807) is 12.1 Å². The molecule has 1 heterocycles. The number of sulfonamides is 1. The molecular formula is C13H15ClN4O4S. The van der Waals surface area contributed by atoms with Crippen molar-refractivity contribution in [3.8, 4) is 5.75 Å². The fraction of sp³-hybridized carbons (Fsp3) is 0.231. The van der Waals surface area contributed by atoms with Crippen LogP contribution in [0.15, 0.2) is 35.7 Å². The maximum atomic E-state index is 12.2. The molecule has 0 saturated carbocycles. The Bertz CT molecular complexity index is 792. The monoisotopic (exact) mass is 358 g/mol. The second-order valence-electron chi connectivity index (χ2n) is 4.57. The second kappa shape index (κ2) is 6.99. The van der Waals surface area contributed by atoms with Gasteiger partial charge in [-0.25, -0.2) is 13.4 Å². The van der Waals surface area contributed by atoms with E-state index in [-0.39, 0.29) is 11.6 Å². The summed E-state index contributed by atoms with van der Waals surface area (Å²) >= 11 is 5.88. The summed E-state index contributed by atoms with van der Waals surface area (Å²) in [5.74, 6) is -0.113. The summed E-state index contributed by atoms with van der Waals surface area (Å²) in [7, 11) is -1.06. The van der Waals surface area contributed by atoms with E-state index in [2.05, 4.69) is 15.3 Å². The van der Waals surface area contributed by atoms with Crippen LogP contribution in [0.25, 0.3) is 0 Å². The molecule has 0 fully saturated rings. The van der Waals surface area contributed by atoms with Gasteiger partial charge in [-0.15, -0.1) is 0 Å². The van der Waals surface area contributed by atoms with Gasteiger partial charge in [-0.3, -0.25) is 4.79 Å². The van der Waals surface area contributed by atoms with Crippen LogP contribution in [0.5, 0.6) is 5.75 Å². The first kappa shape index (κ1) is 17.3. The molecule has 23 heavy (non-hydrogen) atoms. The van der Waals surface area contributed by atoms with E-state index in [9.17, 15) is 13.2 Å². The number of anilines is 1. The minimum Gasteiger partial charge on any atom is -0.495 e. The van der Waals surface area contributed by atoms with Crippen LogP contribution in [0.2, 0.25) is 5.02 Å². The highest BCUT2D eigenvalue weighted by molar-refractivity contribution is 7.89. The van der Waals surface area contributed by atoms with Crippen molar-refractivity contribution in [1.29, 1.82) is 0 Å². The number of amides is 1. The van der Waals surface area contributed by atoms with Gasteiger partial charge in [0.2, 0.25) is 5.91 Å². The van der Waals surface area contributed by atoms with E-state index in [4.69, 9.17) is 16.3 Å². The molecule has 2 N–H and O–H groups in total. The average Bonchev–Trinajstić information content (AvgIpc) is 3.02. The van der Waals surface area contributed by atoms with Crippen molar-refractivity contribution in [3.63, 3.8) is 0 Å². The maximum absolute atomic E-state index is 12.2. The number of benzene rings is 1. The van der Waals surface area contributed by atoms with Gasteiger partial charge < -0.3 is 15.0 Å². The van der Waals surface area contributed by atoms with E-state index >= 15 is 0 Å². The lowest BCUT2D eigenvalue weighted by molar-refractivity contribution is -0.116. The van der Waals surface area contributed by atoms with E-state index in [0.29, 0.717) is 16.5 Å². The predicted molar refractivity (Wildman–Crippen MR) is 85.0 cm³/mol. The SMILES string of the molecule is COc1ccc(Cl)cc1NC(=O)CN(C)S(=O)(=O)c1cnc[nH]1. The van der Waals surface area contributed by atoms with Crippen molar-refractivity contribution in [3.05, 3.63) is 35.7 Å². The molecule has 0 spiro atoms. The van der Waals surface area contributed by atoms with E-state index in [0.717, 1.165) is 4.31 Å². The number of carbonyl (C=O) groups excluding carboxylic acids is 1. The number of hydrogen-bond acceptors (Lipinski definition) is 5. The third-order valence-corrected chi connectivity index (χ3v) is 4.93. The van der Waals surface area contributed by atoms with Gasteiger partial charge in [0.15, 0.2) is 5.03 Å². The standard InChI is InChI=1S/C13H15ClN4O4S/c1-18(23(20,21)13-6-15-8-16-13)7-12(19)17-10-5-9(14)3-4-11(10)22-2/h3-6,8H,7H2,1-2H3,(H,15,16)(H,17,19). The van der Waals surface area contributed by atoms with Gasteiger partial charge in [0.1, 0.15) is 5.75 Å². The molecule has 8 nitrogen and oxygen atoms in total. The molecule has 1 amide bonds. The zero-order valence-electron chi connectivity index (χ0n) is 12.4. The van der Waals surface area contributed by atoms with Gasteiger partial charge in [-0.2, -0.15) is 4.31 Å². The largest absolute Gasteiger partial charge is 0.495 e. The number of imidazole rings is 1. The Labute approximate surface area is 138 Å². The number of halogens is 1. The highest BCUT2D eigenvalue weighted by Crippen LogP contribution is 2.27. The molecule has 0 aliphatic carbocycles. The van der Waals surface area contributed by atoms with Crippen molar-refractivity contribution in [1.82, 2.24) is 14.3 Å². The van der Waals surface area contributed by atoms with Gasteiger partial charge in [-0.05, 0) is 18.2 Å². The molecule has 0 unspecified atom stereocenters. The topological polar surface area (TPSA) is 104 Å². The summed E-state index contributed by atoms with van der Waals surface area (Å²) in [5.41, 5.74) is 0.359. The van der Waals surface area contributed by atoms with Crippen LogP contribution in [-0.2, 0) is 14.8 Å². The van der Waals surface area contributed by atoms with E-state index < -0.39 is 15.9 Å². The van der Waals surface area contributed by atoms with Crippen LogP contribution < -0.4 is 10.1 Å². The van der Waals surface area contributed by atoms with E-state index in [1.807, 2.05) is 0 Å². The van der Waals surface area contributed by atoms with Gasteiger partial charge in [0.25, 0.3) is 10.0 Å². The predicted octanol–water partition coefficient (Wildman–Crippen LogP) is 1.33.